The Kier molecular flexibility index (Phi) is 11.9. The van der Waals surface area contributed by atoms with Crippen molar-refractivity contribution < 1.29 is 28.9 Å². The Labute approximate surface area is 350 Å². The van der Waals surface area contributed by atoms with Crippen molar-refractivity contribution in [2.45, 2.75) is 78.6 Å². The van der Waals surface area contributed by atoms with Crippen molar-refractivity contribution in [2.24, 2.45) is 0 Å². The topological polar surface area (TPSA) is 38.9 Å². The monoisotopic (exact) mass is 929 g/mol. The van der Waals surface area contributed by atoms with Gasteiger partial charge in [0, 0.05) is 37.9 Å². The molecule has 0 aliphatic rings. The van der Waals surface area contributed by atoms with Gasteiger partial charge in [0.25, 0.3) is 0 Å². The number of halogens is 1. The smallest absolute Gasteiger partial charge is 0.134 e. The molecule has 1 radical (unpaired) electrons. The van der Waals surface area contributed by atoms with Crippen LogP contribution in [0.25, 0.3) is 66.7 Å². The van der Waals surface area contributed by atoms with Gasteiger partial charge in [-0.1, -0.05) is 152 Å². The average Bonchev–Trinajstić information content (AvgIpc) is 3.57. The van der Waals surface area contributed by atoms with E-state index in [2.05, 4.69) is 121 Å². The molecule has 0 aliphatic carbocycles. The number of nitrogens with zero attached hydrogens (tertiary/aromatic N) is 2. The maximum atomic E-state index is 15.4. The molecule has 5 heteroatoms. The number of furan rings is 1. The molecule has 57 heavy (non-hydrogen) atoms. The minimum Gasteiger partial charge on any atom is -0.500 e. The molecule has 0 N–H and O–H groups in total. The van der Waals surface area contributed by atoms with Crippen LogP contribution < -0.4 is 0 Å². The third-order valence-corrected chi connectivity index (χ3v) is 10.2. The van der Waals surface area contributed by atoms with Crippen molar-refractivity contribution in [1.82, 2.24) is 9.97 Å². The van der Waals surface area contributed by atoms with E-state index in [1.54, 1.807) is 12.3 Å². The zero-order valence-electron chi connectivity index (χ0n) is 34.2. The third kappa shape index (κ3) is 8.86. The predicted molar refractivity (Wildman–Crippen MR) is 231 cm³/mol. The Hall–Kier alpha value is -5.22. The number of aromatic nitrogens is 2. The van der Waals surface area contributed by atoms with E-state index in [1.165, 1.54) is 11.1 Å². The van der Waals surface area contributed by atoms with Crippen LogP contribution in [0, 0.1) is 17.9 Å². The number of fused-ring (bicyclic) bond motifs is 3. The molecule has 0 unspecified atom stereocenters. The van der Waals surface area contributed by atoms with Gasteiger partial charge in [-0.25, -0.2) is 4.39 Å². The number of pyridine rings is 2. The number of hydrogen-bond donors (Lipinski definition) is 0. The first-order valence-corrected chi connectivity index (χ1v) is 19.3. The summed E-state index contributed by atoms with van der Waals surface area (Å²) in [5, 5.41) is 1.88. The minimum atomic E-state index is -0.310. The van der Waals surface area contributed by atoms with E-state index in [0.29, 0.717) is 16.7 Å². The average molecular weight is 929 g/mol. The molecule has 0 saturated heterocycles. The molecule has 3 nitrogen and oxygen atoms in total. The van der Waals surface area contributed by atoms with Crippen molar-refractivity contribution in [1.29, 1.82) is 0 Å². The van der Waals surface area contributed by atoms with E-state index in [4.69, 9.17) is 4.42 Å². The fourth-order valence-electron chi connectivity index (χ4n) is 6.96. The van der Waals surface area contributed by atoms with Gasteiger partial charge in [-0.15, -0.1) is 53.1 Å². The summed E-state index contributed by atoms with van der Waals surface area (Å²) < 4.78 is 22.0. The van der Waals surface area contributed by atoms with E-state index in [9.17, 15) is 0 Å². The Balaban J connectivity index is 0.000000223. The van der Waals surface area contributed by atoms with Gasteiger partial charge >= 0.3 is 0 Å². The molecule has 8 aromatic rings. The van der Waals surface area contributed by atoms with Crippen LogP contribution >= 0.6 is 0 Å². The predicted octanol–water partition coefficient (Wildman–Crippen LogP) is 14.4. The molecule has 0 spiro atoms. The summed E-state index contributed by atoms with van der Waals surface area (Å²) >= 11 is 0. The van der Waals surface area contributed by atoms with E-state index in [0.717, 1.165) is 55.5 Å². The Bertz CT molecular complexity index is 2610. The second-order valence-electron chi connectivity index (χ2n) is 17.5. The van der Waals surface area contributed by atoms with Crippen LogP contribution in [0.15, 0.2) is 138 Å². The summed E-state index contributed by atoms with van der Waals surface area (Å²) in [6.45, 7) is 19.8. The molecular formula is C52H49FIrN2O-2. The molecule has 0 fully saturated rings. The van der Waals surface area contributed by atoms with E-state index < -0.39 is 0 Å². The molecule has 291 valence electrons. The van der Waals surface area contributed by atoms with Crippen molar-refractivity contribution in [2.75, 3.05) is 0 Å². The van der Waals surface area contributed by atoms with Gasteiger partial charge in [-0.2, -0.15) is 0 Å². The van der Waals surface area contributed by atoms with Crippen LogP contribution in [-0.4, -0.2) is 9.97 Å². The van der Waals surface area contributed by atoms with Gasteiger partial charge in [0.05, 0.1) is 11.1 Å². The first kappa shape index (κ1) is 41.4. The second-order valence-corrected chi connectivity index (χ2v) is 17.5. The van der Waals surface area contributed by atoms with Crippen molar-refractivity contribution in [3.05, 3.63) is 168 Å². The summed E-state index contributed by atoms with van der Waals surface area (Å²) in [4.78, 5) is 9.14. The maximum absolute atomic E-state index is 15.4. The van der Waals surface area contributed by atoms with Crippen LogP contribution in [0.1, 0.15) is 79.0 Å². The van der Waals surface area contributed by atoms with Gasteiger partial charge in [-0.3, -0.25) is 0 Å². The van der Waals surface area contributed by atoms with Crippen molar-refractivity contribution in [3.8, 4) is 44.8 Å². The summed E-state index contributed by atoms with van der Waals surface area (Å²) in [5.74, 6) is -0.310. The third-order valence-electron chi connectivity index (χ3n) is 10.2. The Morgan fingerprint density at radius 3 is 1.86 bits per heavy atom. The molecule has 0 amide bonds. The van der Waals surface area contributed by atoms with Gasteiger partial charge in [-0.05, 0) is 68.1 Å². The van der Waals surface area contributed by atoms with Gasteiger partial charge in [0.15, 0.2) is 0 Å². The molecule has 0 aliphatic heterocycles. The molecule has 3 aromatic heterocycles. The number of hydrogen-bond acceptors (Lipinski definition) is 3. The molecule has 8 rings (SSSR count). The summed E-state index contributed by atoms with van der Waals surface area (Å²) in [6.07, 6.45) is 3.74. The maximum Gasteiger partial charge on any atom is 0.134 e. The van der Waals surface area contributed by atoms with Crippen LogP contribution in [0.4, 0.5) is 4.39 Å². The van der Waals surface area contributed by atoms with E-state index in [1.807, 2.05) is 85.1 Å². The van der Waals surface area contributed by atoms with Gasteiger partial charge in [0.2, 0.25) is 0 Å². The van der Waals surface area contributed by atoms with E-state index in [-0.39, 0.29) is 42.2 Å². The zero-order chi connectivity index (χ0) is 39.8. The summed E-state index contributed by atoms with van der Waals surface area (Å²) in [7, 11) is 0. The number of rotatable bonds is 4. The fourth-order valence-corrected chi connectivity index (χ4v) is 6.96. The first-order chi connectivity index (χ1) is 26.6. The minimum absolute atomic E-state index is 0. The van der Waals surface area contributed by atoms with Crippen LogP contribution in [0.5, 0.6) is 0 Å². The first-order valence-electron chi connectivity index (χ1n) is 19.3. The Morgan fingerprint density at radius 2 is 1.25 bits per heavy atom. The van der Waals surface area contributed by atoms with Crippen LogP contribution in [0.3, 0.4) is 0 Å². The molecule has 0 saturated carbocycles. The summed E-state index contributed by atoms with van der Waals surface area (Å²) in [6, 6.07) is 46.6. The Morgan fingerprint density at radius 1 is 0.579 bits per heavy atom. The number of benzene rings is 5. The molecule has 0 bridgehead atoms. The standard InChI is InChI=1S/C33H25FNO.C19H24N.Ir/c1-33(2,3)26-18-16-24(28-11-7-8-20-35-28)31-30(26)25-17-19-27(34)29(32(25)36-31)23-14-12-22(13-15-23)21-9-5-4-6-10-21;1-18(2,3)15-9-7-8-14(12-15)17-11-10-16(13-20-17)19(4,5)6;/h4-15,17-20H,1-3H3;7,9-13H,1-6H3;/q2*-1;. The summed E-state index contributed by atoms with van der Waals surface area (Å²) in [5.41, 5.74) is 12.1. The normalized spacial score (nSPS) is 11.9. The molecular weight excluding hydrogens is 880 g/mol. The molecule has 0 atom stereocenters. The van der Waals surface area contributed by atoms with Crippen molar-refractivity contribution >= 4 is 21.9 Å². The quantitative estimate of drug-likeness (QED) is 0.165. The second kappa shape index (κ2) is 16.3. The molecule has 3 heterocycles. The molecule has 5 aromatic carbocycles. The zero-order valence-corrected chi connectivity index (χ0v) is 36.6. The van der Waals surface area contributed by atoms with Gasteiger partial charge < -0.3 is 14.4 Å². The van der Waals surface area contributed by atoms with Gasteiger partial charge in [0.1, 0.15) is 11.4 Å². The van der Waals surface area contributed by atoms with E-state index >= 15 is 4.39 Å². The fraction of sp³-hybridized carbons (Fsp3) is 0.231. The van der Waals surface area contributed by atoms with Crippen LogP contribution in [-0.2, 0) is 36.4 Å². The largest absolute Gasteiger partial charge is 0.500 e. The SMILES string of the molecule is CC(C)(C)c1c[c-]c(-c2ccccn2)c2oc3c(-c4ccc(-c5ccccc5)cc4)c(F)ccc3c12.CC(C)(C)c1ccc(-c2[c-]ccc(C(C)(C)C)c2)nc1.[Ir]. The van der Waals surface area contributed by atoms with Crippen LogP contribution in [0.2, 0.25) is 0 Å². The van der Waals surface area contributed by atoms with Crippen molar-refractivity contribution in [3.63, 3.8) is 0 Å².